The van der Waals surface area contributed by atoms with Gasteiger partial charge in [-0.25, -0.2) is 0 Å². The lowest BCUT2D eigenvalue weighted by Crippen LogP contribution is -2.32. The van der Waals surface area contributed by atoms with Gasteiger partial charge in [-0.3, -0.25) is 4.79 Å². The Labute approximate surface area is 87.9 Å². The molecule has 1 N–H and O–H groups in total. The van der Waals surface area contributed by atoms with Crippen molar-refractivity contribution in [1.82, 2.24) is 5.32 Å². The van der Waals surface area contributed by atoms with Crippen LogP contribution in [-0.4, -0.2) is 11.9 Å². The summed E-state index contributed by atoms with van der Waals surface area (Å²) in [6, 6.07) is 5.82. The largest absolute Gasteiger partial charge is 0.469 e. The molecular formula is C11H12N2O2. The van der Waals surface area contributed by atoms with E-state index >= 15 is 0 Å². The SMILES string of the molecule is N#CC(Cc1ccco1)C(=O)NC1CC1. The number of rotatable bonds is 4. The van der Waals surface area contributed by atoms with Gasteiger partial charge in [0.1, 0.15) is 11.7 Å². The van der Waals surface area contributed by atoms with E-state index in [1.807, 2.05) is 6.07 Å². The molecule has 1 aromatic heterocycles. The third-order valence-electron chi connectivity index (χ3n) is 2.38. The van der Waals surface area contributed by atoms with Gasteiger partial charge in [0.15, 0.2) is 0 Å². The van der Waals surface area contributed by atoms with Crippen molar-refractivity contribution in [2.24, 2.45) is 5.92 Å². The lowest BCUT2D eigenvalue weighted by Gasteiger charge is -2.07. The third-order valence-corrected chi connectivity index (χ3v) is 2.38. The number of furan rings is 1. The Bertz CT molecular complexity index is 374. The number of amides is 1. The number of carbonyl (C=O) groups excluding carboxylic acids is 1. The molecule has 4 heteroatoms. The molecule has 0 radical (unpaired) electrons. The van der Waals surface area contributed by atoms with Crippen LogP contribution in [0.3, 0.4) is 0 Å². The van der Waals surface area contributed by atoms with Gasteiger partial charge in [-0.15, -0.1) is 0 Å². The molecule has 0 spiro atoms. The van der Waals surface area contributed by atoms with E-state index in [2.05, 4.69) is 5.32 Å². The first-order chi connectivity index (χ1) is 7.29. The smallest absolute Gasteiger partial charge is 0.238 e. The molecule has 78 valence electrons. The second kappa shape index (κ2) is 4.18. The van der Waals surface area contributed by atoms with Crippen molar-refractivity contribution in [3.63, 3.8) is 0 Å². The molecule has 0 bridgehead atoms. The van der Waals surface area contributed by atoms with Crippen LogP contribution in [0.2, 0.25) is 0 Å². The zero-order chi connectivity index (χ0) is 10.7. The summed E-state index contributed by atoms with van der Waals surface area (Å²) in [6.07, 6.45) is 3.96. The minimum absolute atomic E-state index is 0.184. The van der Waals surface area contributed by atoms with Crippen molar-refractivity contribution in [1.29, 1.82) is 5.26 Å². The second-order valence-electron chi connectivity index (χ2n) is 3.75. The summed E-state index contributed by atoms with van der Waals surface area (Å²) in [5.74, 6) is -0.152. The number of hydrogen-bond acceptors (Lipinski definition) is 3. The summed E-state index contributed by atoms with van der Waals surface area (Å²) in [5.41, 5.74) is 0. The van der Waals surface area contributed by atoms with Gasteiger partial charge in [-0.1, -0.05) is 0 Å². The van der Waals surface area contributed by atoms with Crippen molar-refractivity contribution in [2.45, 2.75) is 25.3 Å². The zero-order valence-electron chi connectivity index (χ0n) is 8.27. The Kier molecular flexibility index (Phi) is 2.72. The molecule has 2 rings (SSSR count). The highest BCUT2D eigenvalue weighted by molar-refractivity contribution is 5.81. The van der Waals surface area contributed by atoms with E-state index < -0.39 is 5.92 Å². The van der Waals surface area contributed by atoms with Gasteiger partial charge in [0.2, 0.25) is 5.91 Å². The fourth-order valence-electron chi connectivity index (χ4n) is 1.36. The lowest BCUT2D eigenvalue weighted by molar-refractivity contribution is -0.123. The van der Waals surface area contributed by atoms with Crippen LogP contribution < -0.4 is 5.32 Å². The summed E-state index contributed by atoms with van der Waals surface area (Å²) in [4.78, 5) is 11.6. The molecule has 0 aliphatic heterocycles. The first kappa shape index (κ1) is 9.78. The normalized spacial score (nSPS) is 16.7. The molecule has 0 saturated heterocycles. The number of hydrogen-bond donors (Lipinski definition) is 1. The van der Waals surface area contributed by atoms with E-state index in [0.29, 0.717) is 18.2 Å². The molecule has 1 fully saturated rings. The highest BCUT2D eigenvalue weighted by Crippen LogP contribution is 2.19. The van der Waals surface area contributed by atoms with Crippen molar-refractivity contribution in [3.8, 4) is 6.07 Å². The van der Waals surface area contributed by atoms with Crippen LogP contribution >= 0.6 is 0 Å². The van der Waals surface area contributed by atoms with E-state index in [1.54, 1.807) is 18.4 Å². The maximum atomic E-state index is 11.6. The van der Waals surface area contributed by atoms with Gasteiger partial charge < -0.3 is 9.73 Å². The van der Waals surface area contributed by atoms with Crippen LogP contribution in [0.1, 0.15) is 18.6 Å². The van der Waals surface area contributed by atoms with E-state index in [4.69, 9.17) is 9.68 Å². The fraction of sp³-hybridized carbons (Fsp3) is 0.455. The van der Waals surface area contributed by atoms with Crippen molar-refractivity contribution >= 4 is 5.91 Å². The number of nitrogens with one attached hydrogen (secondary N) is 1. The second-order valence-corrected chi connectivity index (χ2v) is 3.75. The van der Waals surface area contributed by atoms with Crippen molar-refractivity contribution < 1.29 is 9.21 Å². The van der Waals surface area contributed by atoms with Crippen LogP contribution in [0, 0.1) is 17.2 Å². The van der Waals surface area contributed by atoms with Gasteiger partial charge in [0.25, 0.3) is 0 Å². The van der Waals surface area contributed by atoms with Crippen LogP contribution in [-0.2, 0) is 11.2 Å². The summed E-state index contributed by atoms with van der Waals surface area (Å²) in [6.45, 7) is 0. The predicted octanol–water partition coefficient (Wildman–Crippen LogP) is 1.24. The first-order valence-corrected chi connectivity index (χ1v) is 5.02. The van der Waals surface area contributed by atoms with Gasteiger partial charge >= 0.3 is 0 Å². The van der Waals surface area contributed by atoms with Gasteiger partial charge in [0.05, 0.1) is 12.3 Å². The molecule has 4 nitrogen and oxygen atoms in total. The van der Waals surface area contributed by atoms with Crippen molar-refractivity contribution in [3.05, 3.63) is 24.2 Å². The summed E-state index contributed by atoms with van der Waals surface area (Å²) in [5, 5.41) is 11.7. The Hall–Kier alpha value is -1.76. The maximum absolute atomic E-state index is 11.6. The Morgan fingerprint density at radius 1 is 1.73 bits per heavy atom. The van der Waals surface area contributed by atoms with Crippen LogP contribution in [0.15, 0.2) is 22.8 Å². The molecule has 1 atom stereocenters. The third kappa shape index (κ3) is 2.59. The summed E-state index contributed by atoms with van der Waals surface area (Å²) in [7, 11) is 0. The lowest BCUT2D eigenvalue weighted by atomic mass is 10.1. The van der Waals surface area contributed by atoms with Crippen LogP contribution in [0.5, 0.6) is 0 Å². The molecule has 1 aliphatic carbocycles. The number of nitrogens with zero attached hydrogens (tertiary/aromatic N) is 1. The fourth-order valence-corrected chi connectivity index (χ4v) is 1.36. The summed E-state index contributed by atoms with van der Waals surface area (Å²) >= 11 is 0. The Morgan fingerprint density at radius 2 is 2.53 bits per heavy atom. The number of nitriles is 1. The van der Waals surface area contributed by atoms with E-state index in [0.717, 1.165) is 12.8 Å². The molecule has 1 amide bonds. The van der Waals surface area contributed by atoms with Crippen LogP contribution in [0.4, 0.5) is 0 Å². The molecule has 1 aromatic rings. The van der Waals surface area contributed by atoms with E-state index in [1.165, 1.54) is 0 Å². The van der Waals surface area contributed by atoms with E-state index in [-0.39, 0.29) is 5.91 Å². The van der Waals surface area contributed by atoms with Gasteiger partial charge in [0, 0.05) is 12.5 Å². The molecule has 1 unspecified atom stereocenters. The molecule has 1 heterocycles. The Balaban J connectivity index is 1.91. The molecular weight excluding hydrogens is 192 g/mol. The van der Waals surface area contributed by atoms with Crippen LogP contribution in [0.25, 0.3) is 0 Å². The van der Waals surface area contributed by atoms with Gasteiger partial charge in [-0.2, -0.15) is 5.26 Å². The first-order valence-electron chi connectivity index (χ1n) is 5.02. The zero-order valence-corrected chi connectivity index (χ0v) is 8.27. The Morgan fingerprint density at radius 3 is 3.07 bits per heavy atom. The van der Waals surface area contributed by atoms with Gasteiger partial charge in [-0.05, 0) is 25.0 Å². The monoisotopic (exact) mass is 204 g/mol. The minimum atomic E-state index is -0.642. The number of carbonyl (C=O) groups is 1. The van der Waals surface area contributed by atoms with Crippen molar-refractivity contribution in [2.75, 3.05) is 0 Å². The average Bonchev–Trinajstić information content (AvgIpc) is 2.89. The summed E-state index contributed by atoms with van der Waals surface area (Å²) < 4.78 is 5.11. The quantitative estimate of drug-likeness (QED) is 0.802. The topological polar surface area (TPSA) is 66.0 Å². The standard InChI is InChI=1S/C11H12N2O2/c12-7-8(6-10-2-1-5-15-10)11(14)13-9-3-4-9/h1-2,5,8-9H,3-4,6H2,(H,13,14). The van der Waals surface area contributed by atoms with E-state index in [9.17, 15) is 4.79 Å². The highest BCUT2D eigenvalue weighted by Gasteiger charge is 2.27. The molecule has 15 heavy (non-hydrogen) atoms. The molecule has 0 aromatic carbocycles. The average molecular weight is 204 g/mol. The maximum Gasteiger partial charge on any atom is 0.238 e. The molecule has 1 saturated carbocycles. The molecule has 1 aliphatic rings. The predicted molar refractivity (Wildman–Crippen MR) is 52.7 cm³/mol. The minimum Gasteiger partial charge on any atom is -0.469 e. The highest BCUT2D eigenvalue weighted by atomic mass is 16.3.